The first kappa shape index (κ1) is 20.4. The fraction of sp³-hybridized carbons (Fsp3) is 0.250. The van der Waals surface area contributed by atoms with E-state index in [0.29, 0.717) is 36.7 Å². The van der Waals surface area contributed by atoms with Gasteiger partial charge >= 0.3 is 12.4 Å². The van der Waals surface area contributed by atoms with Crippen LogP contribution in [0.3, 0.4) is 0 Å². The molecule has 0 fully saturated rings. The van der Waals surface area contributed by atoms with Crippen LogP contribution in [0.15, 0.2) is 48.5 Å². The Bertz CT molecular complexity index is 1020. The Balaban J connectivity index is 1.62. The summed E-state index contributed by atoms with van der Waals surface area (Å²) >= 11 is 5.97. The van der Waals surface area contributed by atoms with Gasteiger partial charge in [-0.3, -0.25) is 4.57 Å². The zero-order chi connectivity index (χ0) is 21.3. The van der Waals surface area contributed by atoms with Crippen LogP contribution >= 0.6 is 11.6 Å². The van der Waals surface area contributed by atoms with Crippen LogP contribution in [0.25, 0.3) is 0 Å². The van der Waals surface area contributed by atoms with Crippen molar-refractivity contribution in [2.45, 2.75) is 19.5 Å². The molecule has 0 aliphatic carbocycles. The second-order valence-corrected chi connectivity index (χ2v) is 7.11. The van der Waals surface area contributed by atoms with Gasteiger partial charge in [0.1, 0.15) is 18.2 Å². The highest BCUT2D eigenvalue weighted by atomic mass is 35.5. The number of alkyl halides is 3. The molecular weight excluding hydrogens is 423 g/mol. The minimum atomic E-state index is -4.75. The third-order valence-electron chi connectivity index (χ3n) is 4.42. The molecule has 3 aromatic rings. The van der Waals surface area contributed by atoms with Gasteiger partial charge in [0.25, 0.3) is 0 Å². The number of aromatic nitrogens is 2. The van der Waals surface area contributed by atoms with Gasteiger partial charge in [-0.15, -0.1) is 13.2 Å². The van der Waals surface area contributed by atoms with Gasteiger partial charge in [0, 0.05) is 12.1 Å². The van der Waals surface area contributed by atoms with E-state index in [0.717, 1.165) is 17.1 Å². The van der Waals surface area contributed by atoms with Crippen LogP contribution in [0, 0.1) is 0 Å². The number of hydrogen-bond donors (Lipinski definition) is 0. The molecular formula is C20H17ClF3N3O3. The van der Waals surface area contributed by atoms with Crippen LogP contribution in [-0.2, 0) is 17.9 Å². The normalized spacial score (nSPS) is 13.8. The number of hydrogen-bond acceptors (Lipinski definition) is 5. The Morgan fingerprint density at radius 3 is 2.40 bits per heavy atom. The number of rotatable bonds is 5. The van der Waals surface area contributed by atoms with E-state index in [9.17, 15) is 13.2 Å². The lowest BCUT2D eigenvalue weighted by Gasteiger charge is -2.24. The Kier molecular flexibility index (Phi) is 5.48. The summed E-state index contributed by atoms with van der Waals surface area (Å²) in [7, 11) is 1.85. The van der Waals surface area contributed by atoms with Crippen LogP contribution in [0.1, 0.15) is 11.3 Å². The van der Waals surface area contributed by atoms with Crippen molar-refractivity contribution in [3.05, 3.63) is 64.8 Å². The molecule has 1 aliphatic heterocycles. The zero-order valence-corrected chi connectivity index (χ0v) is 16.6. The molecule has 0 amide bonds. The van der Waals surface area contributed by atoms with Gasteiger partial charge in [-0.25, -0.2) is 0 Å². The largest absolute Gasteiger partial charge is 0.573 e. The van der Waals surface area contributed by atoms with E-state index in [1.54, 1.807) is 12.1 Å². The molecule has 1 aromatic heterocycles. The third kappa shape index (κ3) is 4.63. The van der Waals surface area contributed by atoms with Crippen LogP contribution in [0.2, 0.25) is 5.02 Å². The summed E-state index contributed by atoms with van der Waals surface area (Å²) in [6.45, 7) is 1.22. The fourth-order valence-electron chi connectivity index (χ4n) is 3.07. The van der Waals surface area contributed by atoms with Crippen LogP contribution < -0.4 is 14.4 Å². The summed E-state index contributed by atoms with van der Waals surface area (Å²) in [5.74, 6) is 0.724. The Morgan fingerprint density at radius 2 is 1.73 bits per heavy atom. The van der Waals surface area contributed by atoms with E-state index in [4.69, 9.17) is 21.1 Å². The van der Waals surface area contributed by atoms with E-state index in [-0.39, 0.29) is 5.75 Å². The van der Waals surface area contributed by atoms with Gasteiger partial charge in [-0.05, 0) is 42.0 Å². The first-order valence-corrected chi connectivity index (χ1v) is 9.33. The SMILES string of the molecule is CN1COCc2c1nc(Oc1ccc(OC(F)(F)F)cc1)n2Cc1ccc(Cl)cc1. The zero-order valence-electron chi connectivity index (χ0n) is 15.8. The predicted molar refractivity (Wildman–Crippen MR) is 104 cm³/mol. The van der Waals surface area contributed by atoms with Gasteiger partial charge in [0.05, 0.1) is 18.8 Å². The molecule has 0 atom stereocenters. The summed E-state index contributed by atoms with van der Waals surface area (Å²) < 4.78 is 54.3. The molecule has 0 spiro atoms. The summed E-state index contributed by atoms with van der Waals surface area (Å²) in [5, 5.41) is 0.632. The predicted octanol–water partition coefficient (Wildman–Crippen LogP) is 5.20. The quantitative estimate of drug-likeness (QED) is 0.547. The minimum absolute atomic E-state index is 0.303. The molecule has 30 heavy (non-hydrogen) atoms. The smallest absolute Gasteiger partial charge is 0.425 e. The average Bonchev–Trinajstić information content (AvgIpc) is 3.03. The van der Waals surface area contributed by atoms with Crippen molar-refractivity contribution in [2.75, 3.05) is 18.7 Å². The standard InChI is InChI=1S/C20H17ClF3N3O3/c1-26-12-28-11-17-18(26)25-19(27(17)10-13-2-4-14(21)5-3-13)29-15-6-8-16(9-7-15)30-20(22,23)24/h2-9H,10-12H2,1H3. The van der Waals surface area contributed by atoms with E-state index < -0.39 is 6.36 Å². The van der Waals surface area contributed by atoms with Gasteiger partial charge in [0.15, 0.2) is 5.82 Å². The van der Waals surface area contributed by atoms with Crippen molar-refractivity contribution in [2.24, 2.45) is 0 Å². The lowest BCUT2D eigenvalue weighted by Crippen LogP contribution is -2.27. The van der Waals surface area contributed by atoms with Crippen LogP contribution in [-0.4, -0.2) is 29.7 Å². The molecule has 0 bridgehead atoms. The maximum atomic E-state index is 12.3. The van der Waals surface area contributed by atoms with E-state index in [2.05, 4.69) is 9.72 Å². The molecule has 0 radical (unpaired) electrons. The van der Waals surface area contributed by atoms with E-state index >= 15 is 0 Å². The summed E-state index contributed by atoms with van der Waals surface area (Å²) in [6.07, 6.45) is -4.75. The lowest BCUT2D eigenvalue weighted by molar-refractivity contribution is -0.274. The number of benzene rings is 2. The topological polar surface area (TPSA) is 48.8 Å². The molecule has 0 saturated heterocycles. The van der Waals surface area contributed by atoms with Crippen LogP contribution in [0.4, 0.5) is 19.0 Å². The highest BCUT2D eigenvalue weighted by Gasteiger charge is 2.31. The van der Waals surface area contributed by atoms with E-state index in [1.165, 1.54) is 24.3 Å². The minimum Gasteiger partial charge on any atom is -0.425 e. The first-order chi connectivity index (χ1) is 14.3. The van der Waals surface area contributed by atoms with Crippen molar-refractivity contribution < 1.29 is 27.4 Å². The Labute approximate surface area is 175 Å². The monoisotopic (exact) mass is 439 g/mol. The van der Waals surface area contributed by atoms with Gasteiger partial charge in [-0.2, -0.15) is 4.98 Å². The van der Waals surface area contributed by atoms with Crippen molar-refractivity contribution in [1.29, 1.82) is 0 Å². The molecule has 10 heteroatoms. The lowest BCUT2D eigenvalue weighted by atomic mass is 10.2. The molecule has 0 saturated carbocycles. The Hall–Kier alpha value is -2.91. The Morgan fingerprint density at radius 1 is 1.07 bits per heavy atom. The van der Waals surface area contributed by atoms with Crippen molar-refractivity contribution in [3.8, 4) is 17.5 Å². The molecule has 1 aliphatic rings. The molecule has 4 rings (SSSR count). The summed E-state index contributed by atoms with van der Waals surface area (Å²) in [4.78, 5) is 6.42. The number of anilines is 1. The average molecular weight is 440 g/mol. The number of imidazole rings is 1. The third-order valence-corrected chi connectivity index (χ3v) is 4.67. The van der Waals surface area contributed by atoms with Crippen molar-refractivity contribution >= 4 is 17.4 Å². The van der Waals surface area contributed by atoms with Gasteiger partial charge < -0.3 is 19.1 Å². The van der Waals surface area contributed by atoms with Crippen LogP contribution in [0.5, 0.6) is 17.5 Å². The maximum absolute atomic E-state index is 12.3. The number of fused-ring (bicyclic) bond motifs is 1. The second-order valence-electron chi connectivity index (χ2n) is 6.67. The number of nitrogens with zero attached hydrogens (tertiary/aromatic N) is 3. The first-order valence-electron chi connectivity index (χ1n) is 8.95. The molecule has 0 unspecified atom stereocenters. The van der Waals surface area contributed by atoms with E-state index in [1.807, 2.05) is 28.6 Å². The maximum Gasteiger partial charge on any atom is 0.573 e. The highest BCUT2D eigenvalue weighted by Crippen LogP contribution is 2.33. The second kappa shape index (κ2) is 8.08. The highest BCUT2D eigenvalue weighted by molar-refractivity contribution is 6.30. The van der Waals surface area contributed by atoms with Crippen molar-refractivity contribution in [1.82, 2.24) is 9.55 Å². The van der Waals surface area contributed by atoms with Gasteiger partial charge in [0.2, 0.25) is 0 Å². The number of halogens is 4. The van der Waals surface area contributed by atoms with Gasteiger partial charge in [-0.1, -0.05) is 23.7 Å². The summed E-state index contributed by atoms with van der Waals surface area (Å²) in [5.41, 5.74) is 1.82. The molecule has 2 heterocycles. The molecule has 6 nitrogen and oxygen atoms in total. The van der Waals surface area contributed by atoms with Crippen molar-refractivity contribution in [3.63, 3.8) is 0 Å². The fourth-order valence-corrected chi connectivity index (χ4v) is 3.19. The molecule has 158 valence electrons. The molecule has 0 N–H and O–H groups in total. The number of ether oxygens (including phenoxy) is 3. The summed E-state index contributed by atoms with van der Waals surface area (Å²) in [6, 6.07) is 12.8. The molecule has 2 aromatic carbocycles.